The van der Waals surface area contributed by atoms with E-state index in [0.717, 1.165) is 5.56 Å². The summed E-state index contributed by atoms with van der Waals surface area (Å²) < 4.78 is 10.3. The van der Waals surface area contributed by atoms with Crippen molar-refractivity contribution in [1.29, 1.82) is 0 Å². The van der Waals surface area contributed by atoms with Gasteiger partial charge in [0.15, 0.2) is 0 Å². The Hall–Kier alpha value is -2.47. The molecule has 0 saturated carbocycles. The minimum atomic E-state index is -0.198. The Morgan fingerprint density at radius 1 is 1.30 bits per heavy atom. The first-order valence-electron chi connectivity index (χ1n) is 6.03. The molecule has 1 N–H and O–H groups in total. The van der Waals surface area contributed by atoms with Crippen molar-refractivity contribution >= 4 is 11.6 Å². The van der Waals surface area contributed by atoms with E-state index in [9.17, 15) is 4.79 Å². The number of aromatic nitrogens is 2. The van der Waals surface area contributed by atoms with Crippen molar-refractivity contribution in [3.8, 4) is 11.8 Å². The number of aryl methyl sites for hydroxylation is 1. The van der Waals surface area contributed by atoms with Gasteiger partial charge in [-0.3, -0.25) is 4.79 Å². The van der Waals surface area contributed by atoms with Crippen molar-refractivity contribution in [2.24, 2.45) is 0 Å². The Bertz CT molecular complexity index is 587. The van der Waals surface area contributed by atoms with Crippen LogP contribution in [0.1, 0.15) is 5.56 Å². The van der Waals surface area contributed by atoms with Crippen molar-refractivity contribution in [1.82, 2.24) is 9.97 Å². The van der Waals surface area contributed by atoms with Crippen LogP contribution < -0.4 is 10.1 Å². The average molecular weight is 273 g/mol. The summed E-state index contributed by atoms with van der Waals surface area (Å²) in [6, 6.07) is 7.31. The highest BCUT2D eigenvalue weighted by Gasteiger charge is 2.06. The number of methoxy groups -OCH3 is 1. The smallest absolute Gasteiger partial charge is 0.321 e. The molecule has 0 saturated heterocycles. The standard InChI is InChI=1S/C14H15N3O3/c1-10-8-11(20-14-15-6-3-7-16-14)4-5-12(10)17-13(18)9-19-2/h3-8H,9H2,1-2H3,(H,17,18). The number of hydrogen-bond acceptors (Lipinski definition) is 5. The lowest BCUT2D eigenvalue weighted by Crippen LogP contribution is -2.17. The van der Waals surface area contributed by atoms with E-state index in [-0.39, 0.29) is 18.5 Å². The van der Waals surface area contributed by atoms with E-state index >= 15 is 0 Å². The highest BCUT2D eigenvalue weighted by atomic mass is 16.5. The fourth-order valence-electron chi connectivity index (χ4n) is 1.60. The zero-order chi connectivity index (χ0) is 14.4. The molecule has 0 aliphatic heterocycles. The quantitative estimate of drug-likeness (QED) is 0.903. The number of amides is 1. The van der Waals surface area contributed by atoms with E-state index in [1.54, 1.807) is 36.7 Å². The summed E-state index contributed by atoms with van der Waals surface area (Å²) in [6.45, 7) is 1.90. The number of carbonyl (C=O) groups is 1. The first-order chi connectivity index (χ1) is 9.69. The first-order valence-corrected chi connectivity index (χ1v) is 6.03. The molecule has 0 spiro atoms. The van der Waals surface area contributed by atoms with Gasteiger partial charge in [0, 0.05) is 25.2 Å². The Morgan fingerprint density at radius 2 is 2.05 bits per heavy atom. The highest BCUT2D eigenvalue weighted by Crippen LogP contribution is 2.24. The summed E-state index contributed by atoms with van der Waals surface area (Å²) in [4.78, 5) is 19.4. The van der Waals surface area contributed by atoms with Crippen molar-refractivity contribution in [3.63, 3.8) is 0 Å². The maximum Gasteiger partial charge on any atom is 0.321 e. The second-order valence-corrected chi connectivity index (χ2v) is 4.09. The third kappa shape index (κ3) is 3.76. The largest absolute Gasteiger partial charge is 0.424 e. The molecule has 0 aliphatic rings. The molecule has 2 rings (SSSR count). The van der Waals surface area contributed by atoms with Crippen LogP contribution in [0, 0.1) is 6.92 Å². The summed E-state index contributed by atoms with van der Waals surface area (Å²) in [5, 5.41) is 2.75. The van der Waals surface area contributed by atoms with Gasteiger partial charge in [-0.05, 0) is 36.8 Å². The van der Waals surface area contributed by atoms with Gasteiger partial charge in [0.2, 0.25) is 5.91 Å². The second-order valence-electron chi connectivity index (χ2n) is 4.09. The number of anilines is 1. The number of nitrogens with zero attached hydrogens (tertiary/aromatic N) is 2. The molecule has 20 heavy (non-hydrogen) atoms. The number of nitrogens with one attached hydrogen (secondary N) is 1. The van der Waals surface area contributed by atoms with E-state index in [4.69, 9.17) is 9.47 Å². The van der Waals surface area contributed by atoms with Gasteiger partial charge >= 0.3 is 6.01 Å². The van der Waals surface area contributed by atoms with E-state index < -0.39 is 0 Å². The van der Waals surface area contributed by atoms with Crippen LogP contribution >= 0.6 is 0 Å². The molecule has 6 nitrogen and oxygen atoms in total. The van der Waals surface area contributed by atoms with E-state index in [1.807, 2.05) is 6.92 Å². The maximum atomic E-state index is 11.5. The van der Waals surface area contributed by atoms with Gasteiger partial charge in [-0.25, -0.2) is 9.97 Å². The molecule has 1 aromatic heterocycles. The molecule has 1 amide bonds. The molecule has 0 fully saturated rings. The molecule has 0 radical (unpaired) electrons. The monoisotopic (exact) mass is 273 g/mol. The van der Waals surface area contributed by atoms with Gasteiger partial charge in [0.1, 0.15) is 12.4 Å². The zero-order valence-electron chi connectivity index (χ0n) is 11.3. The van der Waals surface area contributed by atoms with Crippen LogP contribution in [-0.2, 0) is 9.53 Å². The second kappa shape index (κ2) is 6.63. The van der Waals surface area contributed by atoms with Gasteiger partial charge < -0.3 is 14.8 Å². The van der Waals surface area contributed by atoms with Crippen molar-refractivity contribution in [3.05, 3.63) is 42.2 Å². The molecular weight excluding hydrogens is 258 g/mol. The van der Waals surface area contributed by atoms with Crippen molar-refractivity contribution < 1.29 is 14.3 Å². The number of hydrogen-bond donors (Lipinski definition) is 1. The summed E-state index contributed by atoms with van der Waals surface area (Å²) in [7, 11) is 1.48. The third-order valence-corrected chi connectivity index (χ3v) is 2.50. The molecule has 1 heterocycles. The summed E-state index contributed by atoms with van der Waals surface area (Å²) in [5.74, 6) is 0.411. The van der Waals surface area contributed by atoms with Crippen LogP contribution in [0.25, 0.3) is 0 Å². The minimum absolute atomic E-state index is 0.0234. The van der Waals surface area contributed by atoms with Gasteiger partial charge in [-0.1, -0.05) is 0 Å². The Kier molecular flexibility index (Phi) is 4.62. The van der Waals surface area contributed by atoms with Crippen LogP contribution in [0.15, 0.2) is 36.7 Å². The number of ether oxygens (including phenoxy) is 2. The Labute approximate surface area is 116 Å². The van der Waals surface area contributed by atoms with Gasteiger partial charge in [0.25, 0.3) is 0 Å². The average Bonchev–Trinajstić information content (AvgIpc) is 2.43. The van der Waals surface area contributed by atoms with E-state index in [0.29, 0.717) is 11.4 Å². The maximum absolute atomic E-state index is 11.5. The SMILES string of the molecule is COCC(=O)Nc1ccc(Oc2ncccn2)cc1C. The molecule has 0 atom stereocenters. The van der Waals surface area contributed by atoms with E-state index in [1.165, 1.54) is 7.11 Å². The van der Waals surface area contributed by atoms with Crippen LogP contribution in [0.2, 0.25) is 0 Å². The number of rotatable bonds is 5. The van der Waals surface area contributed by atoms with Crippen LogP contribution in [-0.4, -0.2) is 29.6 Å². The zero-order valence-corrected chi connectivity index (χ0v) is 11.3. The predicted molar refractivity (Wildman–Crippen MR) is 73.8 cm³/mol. The number of carbonyl (C=O) groups excluding carboxylic acids is 1. The first kappa shape index (κ1) is 14.0. The van der Waals surface area contributed by atoms with Crippen LogP contribution in [0.3, 0.4) is 0 Å². The van der Waals surface area contributed by atoms with Gasteiger partial charge in [0.05, 0.1) is 0 Å². The van der Waals surface area contributed by atoms with Crippen molar-refractivity contribution in [2.45, 2.75) is 6.92 Å². The van der Waals surface area contributed by atoms with E-state index in [2.05, 4.69) is 15.3 Å². The summed E-state index contributed by atoms with van der Waals surface area (Å²) in [6.07, 6.45) is 3.21. The molecule has 2 aromatic rings. The molecular formula is C14H15N3O3. The fraction of sp³-hybridized carbons (Fsp3) is 0.214. The molecule has 0 unspecified atom stereocenters. The normalized spacial score (nSPS) is 10.1. The highest BCUT2D eigenvalue weighted by molar-refractivity contribution is 5.92. The lowest BCUT2D eigenvalue weighted by atomic mass is 10.2. The van der Waals surface area contributed by atoms with Crippen molar-refractivity contribution in [2.75, 3.05) is 19.0 Å². The third-order valence-electron chi connectivity index (χ3n) is 2.50. The molecule has 104 valence electrons. The van der Waals surface area contributed by atoms with Crippen LogP contribution in [0.4, 0.5) is 5.69 Å². The Balaban J connectivity index is 2.08. The van der Waals surface area contributed by atoms with Crippen LogP contribution in [0.5, 0.6) is 11.8 Å². The predicted octanol–water partition coefficient (Wildman–Crippen LogP) is 2.16. The molecule has 6 heteroatoms. The molecule has 1 aromatic carbocycles. The fourth-order valence-corrected chi connectivity index (χ4v) is 1.60. The summed E-state index contributed by atoms with van der Waals surface area (Å²) in [5.41, 5.74) is 1.59. The topological polar surface area (TPSA) is 73.3 Å². The lowest BCUT2D eigenvalue weighted by Gasteiger charge is -2.10. The van der Waals surface area contributed by atoms with Gasteiger partial charge in [-0.15, -0.1) is 0 Å². The lowest BCUT2D eigenvalue weighted by molar-refractivity contribution is -0.119. The molecule has 0 bridgehead atoms. The molecule has 0 aliphatic carbocycles. The Morgan fingerprint density at radius 3 is 2.70 bits per heavy atom. The van der Waals surface area contributed by atoms with Gasteiger partial charge in [-0.2, -0.15) is 0 Å². The number of benzene rings is 1. The minimum Gasteiger partial charge on any atom is -0.424 e. The summed E-state index contributed by atoms with van der Waals surface area (Å²) >= 11 is 0.